The van der Waals surface area contributed by atoms with Crippen LogP contribution in [0.1, 0.15) is 32.1 Å². The highest BCUT2D eigenvalue weighted by Crippen LogP contribution is 2.56. The van der Waals surface area contributed by atoms with E-state index in [2.05, 4.69) is 25.3 Å². The fourth-order valence-corrected chi connectivity index (χ4v) is 3.10. The zero-order chi connectivity index (χ0) is 9.31. The molecule has 0 heteroatoms. The van der Waals surface area contributed by atoms with Crippen LogP contribution in [0.2, 0.25) is 0 Å². The molecule has 13 heavy (non-hydrogen) atoms. The van der Waals surface area contributed by atoms with E-state index in [4.69, 9.17) is 0 Å². The van der Waals surface area contributed by atoms with Crippen LogP contribution < -0.4 is 0 Å². The van der Waals surface area contributed by atoms with Crippen LogP contribution in [-0.2, 0) is 0 Å². The minimum atomic E-state index is 0.501. The van der Waals surface area contributed by atoms with E-state index in [9.17, 15) is 0 Å². The maximum atomic E-state index is 3.88. The van der Waals surface area contributed by atoms with E-state index in [1.54, 1.807) is 5.57 Å². The molecular weight excluding hydrogens is 156 g/mol. The summed E-state index contributed by atoms with van der Waals surface area (Å²) in [6.07, 6.45) is 13.0. The molecule has 2 rings (SSSR count). The summed E-state index contributed by atoms with van der Waals surface area (Å²) in [4.78, 5) is 0. The first-order valence-corrected chi connectivity index (χ1v) is 5.24. The van der Waals surface area contributed by atoms with Crippen LogP contribution >= 0.6 is 0 Å². The molecular formula is C13H18. The van der Waals surface area contributed by atoms with Gasteiger partial charge in [-0.05, 0) is 43.4 Å². The van der Waals surface area contributed by atoms with Crippen LogP contribution in [0.3, 0.4) is 0 Å². The third-order valence-electron chi connectivity index (χ3n) is 3.66. The molecule has 0 saturated heterocycles. The second kappa shape index (κ2) is 3.17. The second-order valence-electron chi connectivity index (χ2n) is 4.46. The molecule has 0 aliphatic heterocycles. The molecule has 2 atom stereocenters. The van der Waals surface area contributed by atoms with Gasteiger partial charge in [-0.25, -0.2) is 0 Å². The van der Waals surface area contributed by atoms with Crippen molar-refractivity contribution in [3.63, 3.8) is 0 Å². The Morgan fingerprint density at radius 2 is 2.31 bits per heavy atom. The van der Waals surface area contributed by atoms with Crippen molar-refractivity contribution >= 4 is 0 Å². The SMILES string of the molecule is C=CCC1=CC2CCC1(CC=C)C2. The Morgan fingerprint density at radius 3 is 2.92 bits per heavy atom. The van der Waals surface area contributed by atoms with Crippen molar-refractivity contribution in [1.82, 2.24) is 0 Å². The van der Waals surface area contributed by atoms with Crippen molar-refractivity contribution in [1.29, 1.82) is 0 Å². The Balaban J connectivity index is 2.21. The molecule has 0 amide bonds. The molecule has 2 bridgehead atoms. The molecule has 0 aromatic carbocycles. The summed E-state index contributed by atoms with van der Waals surface area (Å²) in [5, 5.41) is 0. The van der Waals surface area contributed by atoms with Gasteiger partial charge in [0, 0.05) is 0 Å². The van der Waals surface area contributed by atoms with Crippen molar-refractivity contribution < 1.29 is 0 Å². The number of rotatable bonds is 4. The van der Waals surface area contributed by atoms with Gasteiger partial charge in [-0.2, -0.15) is 0 Å². The quantitative estimate of drug-likeness (QED) is 0.568. The highest BCUT2D eigenvalue weighted by molar-refractivity contribution is 5.29. The van der Waals surface area contributed by atoms with Crippen molar-refractivity contribution in [3.05, 3.63) is 37.0 Å². The third kappa shape index (κ3) is 1.29. The first kappa shape index (κ1) is 8.80. The summed E-state index contributed by atoms with van der Waals surface area (Å²) in [5.74, 6) is 0.870. The zero-order valence-corrected chi connectivity index (χ0v) is 8.26. The molecule has 0 aromatic heterocycles. The topological polar surface area (TPSA) is 0 Å². The molecule has 0 radical (unpaired) electrons. The summed E-state index contributed by atoms with van der Waals surface area (Å²) in [7, 11) is 0. The van der Waals surface area contributed by atoms with Crippen LogP contribution in [0, 0.1) is 11.3 Å². The van der Waals surface area contributed by atoms with E-state index in [1.807, 2.05) is 6.08 Å². The molecule has 70 valence electrons. The highest BCUT2D eigenvalue weighted by atomic mass is 14.5. The van der Waals surface area contributed by atoms with Gasteiger partial charge in [-0.15, -0.1) is 13.2 Å². The predicted molar refractivity (Wildman–Crippen MR) is 57.5 cm³/mol. The number of hydrogen-bond donors (Lipinski definition) is 0. The van der Waals surface area contributed by atoms with E-state index in [0.717, 1.165) is 12.3 Å². The average molecular weight is 174 g/mol. The van der Waals surface area contributed by atoms with Gasteiger partial charge in [-0.1, -0.05) is 23.8 Å². The summed E-state index contributed by atoms with van der Waals surface area (Å²) < 4.78 is 0. The van der Waals surface area contributed by atoms with Gasteiger partial charge >= 0.3 is 0 Å². The molecule has 0 nitrogen and oxygen atoms in total. The van der Waals surface area contributed by atoms with Crippen LogP contribution in [0.5, 0.6) is 0 Å². The Hall–Kier alpha value is -0.780. The van der Waals surface area contributed by atoms with Gasteiger partial charge in [0.25, 0.3) is 0 Å². The van der Waals surface area contributed by atoms with E-state index < -0.39 is 0 Å². The van der Waals surface area contributed by atoms with Crippen LogP contribution in [0.4, 0.5) is 0 Å². The maximum absolute atomic E-state index is 3.88. The first-order valence-electron chi connectivity index (χ1n) is 5.24. The summed E-state index contributed by atoms with van der Waals surface area (Å²) in [6.45, 7) is 7.71. The fourth-order valence-electron chi connectivity index (χ4n) is 3.10. The summed E-state index contributed by atoms with van der Waals surface area (Å²) in [5.41, 5.74) is 2.14. The van der Waals surface area contributed by atoms with E-state index in [-0.39, 0.29) is 0 Å². The van der Waals surface area contributed by atoms with Gasteiger partial charge in [-0.3, -0.25) is 0 Å². The van der Waals surface area contributed by atoms with E-state index in [1.165, 1.54) is 25.7 Å². The number of allylic oxidation sites excluding steroid dienone is 4. The Morgan fingerprint density at radius 1 is 1.46 bits per heavy atom. The monoisotopic (exact) mass is 174 g/mol. The standard InChI is InChI=1S/C13H18/c1-3-5-12-9-11-6-8-13(12,10-11)7-4-2/h3-4,9,11H,1-2,5-8,10H2. The summed E-state index contributed by atoms with van der Waals surface area (Å²) in [6, 6.07) is 0. The van der Waals surface area contributed by atoms with Crippen molar-refractivity contribution in [2.75, 3.05) is 0 Å². The second-order valence-corrected chi connectivity index (χ2v) is 4.46. The van der Waals surface area contributed by atoms with Gasteiger partial charge < -0.3 is 0 Å². The molecule has 0 aromatic rings. The molecule has 2 aliphatic rings. The van der Waals surface area contributed by atoms with E-state index >= 15 is 0 Å². The largest absolute Gasteiger partial charge is 0.103 e. The third-order valence-corrected chi connectivity index (χ3v) is 3.66. The number of fused-ring (bicyclic) bond motifs is 2. The van der Waals surface area contributed by atoms with Crippen LogP contribution in [0.15, 0.2) is 37.0 Å². The molecule has 2 aliphatic carbocycles. The number of hydrogen-bond acceptors (Lipinski definition) is 0. The molecule has 0 N–H and O–H groups in total. The Bertz CT molecular complexity index is 259. The Labute approximate surface area is 81.0 Å². The van der Waals surface area contributed by atoms with Gasteiger partial charge in [0.2, 0.25) is 0 Å². The van der Waals surface area contributed by atoms with Crippen molar-refractivity contribution in [2.24, 2.45) is 11.3 Å². The lowest BCUT2D eigenvalue weighted by Crippen LogP contribution is -2.16. The molecule has 0 spiro atoms. The minimum absolute atomic E-state index is 0.501. The highest BCUT2D eigenvalue weighted by Gasteiger charge is 2.44. The molecule has 1 fully saturated rings. The normalized spacial score (nSPS) is 36.0. The van der Waals surface area contributed by atoms with Crippen LogP contribution in [0.25, 0.3) is 0 Å². The van der Waals surface area contributed by atoms with Gasteiger partial charge in [0.1, 0.15) is 0 Å². The van der Waals surface area contributed by atoms with Gasteiger partial charge in [0.05, 0.1) is 0 Å². The lowest BCUT2D eigenvalue weighted by Gasteiger charge is -2.28. The van der Waals surface area contributed by atoms with E-state index in [0.29, 0.717) is 5.41 Å². The zero-order valence-electron chi connectivity index (χ0n) is 8.26. The molecule has 2 unspecified atom stereocenters. The maximum Gasteiger partial charge on any atom is -0.00447 e. The molecule has 1 saturated carbocycles. The average Bonchev–Trinajstić information content (AvgIpc) is 2.63. The lowest BCUT2D eigenvalue weighted by atomic mass is 9.76. The first-order chi connectivity index (χ1) is 6.30. The smallest absolute Gasteiger partial charge is 0.00447 e. The minimum Gasteiger partial charge on any atom is -0.103 e. The molecule has 0 heterocycles. The fraction of sp³-hybridized carbons (Fsp3) is 0.538. The summed E-state index contributed by atoms with van der Waals surface area (Å²) >= 11 is 0. The predicted octanol–water partition coefficient (Wildman–Crippen LogP) is 3.87. The van der Waals surface area contributed by atoms with Crippen molar-refractivity contribution in [2.45, 2.75) is 32.1 Å². The lowest BCUT2D eigenvalue weighted by molar-refractivity contribution is 0.376. The van der Waals surface area contributed by atoms with Gasteiger partial charge in [0.15, 0.2) is 0 Å². The van der Waals surface area contributed by atoms with Crippen molar-refractivity contribution in [3.8, 4) is 0 Å². The van der Waals surface area contributed by atoms with Crippen LogP contribution in [-0.4, -0.2) is 0 Å². The Kier molecular flexibility index (Phi) is 2.15.